The molecule has 49 heavy (non-hydrogen) atoms. The molecule has 0 N–H and O–H groups in total. The van der Waals surface area contributed by atoms with Gasteiger partial charge in [0, 0.05) is 0 Å². The zero-order chi connectivity index (χ0) is 33.8. The molecule has 7 atom stereocenters. The Morgan fingerprint density at radius 2 is 1.35 bits per heavy atom. The van der Waals surface area contributed by atoms with Gasteiger partial charge in [0.1, 0.15) is 54.7 Å². The van der Waals surface area contributed by atoms with Crippen LogP contribution in [0.25, 0.3) is 0 Å². The summed E-state index contributed by atoms with van der Waals surface area (Å²) in [5, 5.41) is 0. The van der Waals surface area contributed by atoms with E-state index in [2.05, 4.69) is 0 Å². The smallest absolute Gasteiger partial charge is 0.164 e. The zero-order valence-corrected chi connectivity index (χ0v) is 28.6. The summed E-state index contributed by atoms with van der Waals surface area (Å²) in [6.45, 7) is 9.52. The van der Waals surface area contributed by atoms with Crippen molar-refractivity contribution in [2.45, 2.75) is 102 Å². The minimum Gasteiger partial charge on any atom is -0.491 e. The van der Waals surface area contributed by atoms with Crippen molar-refractivity contribution < 1.29 is 42.6 Å². The summed E-state index contributed by atoms with van der Waals surface area (Å²) in [6, 6.07) is 30.3. The van der Waals surface area contributed by atoms with Crippen LogP contribution < -0.4 is 0 Å². The fourth-order valence-corrected chi connectivity index (χ4v) is 6.66. The Morgan fingerprint density at radius 1 is 0.714 bits per heavy atom. The Hall–Kier alpha value is -3.54. The van der Waals surface area contributed by atoms with Gasteiger partial charge in [0.05, 0.1) is 26.4 Å². The van der Waals surface area contributed by atoms with Gasteiger partial charge in [-0.15, -0.1) is 0 Å². The molecular weight excluding hydrogens is 624 g/mol. The van der Waals surface area contributed by atoms with Crippen molar-refractivity contribution in [3.8, 4) is 0 Å². The first-order valence-electron chi connectivity index (χ1n) is 17.1. The van der Waals surface area contributed by atoms with E-state index in [1.165, 1.54) is 0 Å². The van der Waals surface area contributed by atoms with E-state index >= 15 is 0 Å². The molecule has 9 nitrogen and oxygen atoms in total. The van der Waals surface area contributed by atoms with Crippen LogP contribution in [0.5, 0.6) is 0 Å². The van der Waals surface area contributed by atoms with Crippen LogP contribution in [-0.4, -0.2) is 67.5 Å². The molecule has 0 aromatic heterocycles. The first-order valence-corrected chi connectivity index (χ1v) is 17.1. The van der Waals surface area contributed by atoms with Gasteiger partial charge in [-0.3, -0.25) is 0 Å². The molecule has 4 heterocycles. The molecule has 0 aliphatic carbocycles. The van der Waals surface area contributed by atoms with Gasteiger partial charge in [0.25, 0.3) is 0 Å². The van der Waals surface area contributed by atoms with Crippen LogP contribution in [-0.2, 0) is 62.5 Å². The first-order chi connectivity index (χ1) is 23.7. The number of ether oxygens (including phenoxy) is 9. The van der Waals surface area contributed by atoms with Crippen LogP contribution in [0, 0.1) is 0 Å². The minimum absolute atomic E-state index is 0.282. The van der Waals surface area contributed by atoms with E-state index in [0.29, 0.717) is 37.9 Å². The fraction of sp³-hybridized carbons (Fsp3) is 0.450. The molecule has 4 aliphatic heterocycles. The van der Waals surface area contributed by atoms with E-state index < -0.39 is 42.1 Å². The average molecular weight is 671 g/mol. The number of hydrogen-bond donors (Lipinski definition) is 0. The Labute approximate surface area is 288 Å². The van der Waals surface area contributed by atoms with Gasteiger partial charge < -0.3 is 42.6 Å². The van der Waals surface area contributed by atoms with Gasteiger partial charge in [-0.2, -0.15) is 0 Å². The van der Waals surface area contributed by atoms with E-state index in [4.69, 9.17) is 42.6 Å². The zero-order valence-electron chi connectivity index (χ0n) is 28.6. The van der Waals surface area contributed by atoms with E-state index in [-0.39, 0.29) is 18.8 Å². The number of rotatable bonds is 12. The van der Waals surface area contributed by atoms with Crippen LogP contribution in [0.3, 0.4) is 0 Å². The van der Waals surface area contributed by atoms with Crippen LogP contribution in [0.2, 0.25) is 0 Å². The Kier molecular flexibility index (Phi) is 10.2. The predicted octanol–water partition coefficient (Wildman–Crippen LogP) is 6.61. The molecule has 3 aromatic rings. The topological polar surface area (TPSA) is 83.1 Å². The highest BCUT2D eigenvalue weighted by Crippen LogP contribution is 2.44. The second kappa shape index (κ2) is 14.7. The largest absolute Gasteiger partial charge is 0.491 e. The third-order valence-corrected chi connectivity index (χ3v) is 8.92. The van der Waals surface area contributed by atoms with Crippen LogP contribution in [0.4, 0.5) is 0 Å². The third kappa shape index (κ3) is 8.44. The van der Waals surface area contributed by atoms with Gasteiger partial charge in [-0.1, -0.05) is 91.0 Å². The molecule has 0 bridgehead atoms. The lowest BCUT2D eigenvalue weighted by Crippen LogP contribution is -2.43. The van der Waals surface area contributed by atoms with E-state index in [1.54, 1.807) is 0 Å². The van der Waals surface area contributed by atoms with E-state index in [9.17, 15) is 0 Å². The summed E-state index contributed by atoms with van der Waals surface area (Å²) in [5.41, 5.74) is 3.18. The van der Waals surface area contributed by atoms with Crippen molar-refractivity contribution in [3.05, 3.63) is 131 Å². The van der Waals surface area contributed by atoms with Crippen molar-refractivity contribution >= 4 is 0 Å². The molecule has 0 radical (unpaired) electrons. The fourth-order valence-electron chi connectivity index (χ4n) is 6.66. The van der Waals surface area contributed by atoms with Crippen molar-refractivity contribution in [2.75, 3.05) is 13.2 Å². The Morgan fingerprint density at radius 3 is 1.98 bits per heavy atom. The van der Waals surface area contributed by atoms with Crippen LogP contribution >= 0.6 is 0 Å². The molecular formula is C40H46O9. The SMILES string of the molecule is CC1(C)OC[C@@H]([C@H]2O/C(=C/[C@@H]3C=C(OCc4ccccc4)[C@H](OCc4ccccc4)[C@@H](COCc4ccccc4)O3)[C@H]3OC(C)(C)O[C@@H]23)O1. The van der Waals surface area contributed by atoms with Crippen LogP contribution in [0.15, 0.2) is 115 Å². The maximum Gasteiger partial charge on any atom is 0.164 e. The summed E-state index contributed by atoms with van der Waals surface area (Å²) < 4.78 is 57.5. The van der Waals surface area contributed by atoms with E-state index in [0.717, 1.165) is 16.7 Å². The van der Waals surface area contributed by atoms with Crippen LogP contribution in [0.1, 0.15) is 44.4 Å². The maximum absolute atomic E-state index is 6.75. The predicted molar refractivity (Wildman–Crippen MR) is 181 cm³/mol. The summed E-state index contributed by atoms with van der Waals surface area (Å²) >= 11 is 0. The number of benzene rings is 3. The molecule has 0 saturated carbocycles. The van der Waals surface area contributed by atoms with Crippen molar-refractivity contribution in [1.82, 2.24) is 0 Å². The highest BCUT2D eigenvalue weighted by molar-refractivity contribution is 5.24. The second-order valence-electron chi connectivity index (χ2n) is 13.7. The third-order valence-electron chi connectivity index (χ3n) is 8.92. The second-order valence-corrected chi connectivity index (χ2v) is 13.7. The number of fused-ring (bicyclic) bond motifs is 1. The standard InChI is InChI=1S/C40H46O9/c1-39(2)44-26-34(47-39)36-38-37(48-40(3,4)49-38)32(46-36)21-30-20-31(42-23-28-16-10-6-11-17-28)35(43-24-29-18-12-7-13-19-29)33(45-30)25-41-22-27-14-8-5-9-15-27/h5-21,30,33-38H,22-26H2,1-4H3/b32-21+/t30-,33+,34-,35-,36+,37+,38-/m0/s1. The molecule has 3 fully saturated rings. The molecule has 260 valence electrons. The average Bonchev–Trinajstić information content (AvgIpc) is 3.73. The van der Waals surface area contributed by atoms with Gasteiger partial charge in [0.15, 0.2) is 17.7 Å². The lowest BCUT2D eigenvalue weighted by molar-refractivity contribution is -0.187. The molecule has 7 rings (SSSR count). The van der Waals surface area contributed by atoms with Gasteiger partial charge in [-0.25, -0.2) is 0 Å². The lowest BCUT2D eigenvalue weighted by atomic mass is 10.0. The highest BCUT2D eigenvalue weighted by atomic mass is 16.8. The monoisotopic (exact) mass is 670 g/mol. The normalized spacial score (nSPS) is 30.9. The number of hydrogen-bond acceptors (Lipinski definition) is 9. The molecule has 4 aliphatic rings. The quantitative estimate of drug-likeness (QED) is 0.211. The Bertz CT molecular complexity index is 1570. The van der Waals surface area contributed by atoms with Crippen molar-refractivity contribution in [2.24, 2.45) is 0 Å². The van der Waals surface area contributed by atoms with Gasteiger partial charge >= 0.3 is 0 Å². The minimum atomic E-state index is -0.789. The van der Waals surface area contributed by atoms with E-state index in [1.807, 2.05) is 131 Å². The molecule has 0 spiro atoms. The lowest BCUT2D eigenvalue weighted by Gasteiger charge is -2.35. The summed E-state index contributed by atoms with van der Waals surface area (Å²) in [7, 11) is 0. The molecule has 0 unspecified atom stereocenters. The Balaban J connectivity index is 1.17. The van der Waals surface area contributed by atoms with Crippen molar-refractivity contribution in [3.63, 3.8) is 0 Å². The molecule has 3 aromatic carbocycles. The maximum atomic E-state index is 6.75. The summed E-state index contributed by atoms with van der Waals surface area (Å²) in [4.78, 5) is 0. The molecule has 9 heteroatoms. The van der Waals surface area contributed by atoms with Gasteiger partial charge in [-0.05, 0) is 56.5 Å². The van der Waals surface area contributed by atoms with Crippen molar-refractivity contribution in [1.29, 1.82) is 0 Å². The molecule has 0 amide bonds. The summed E-state index contributed by atoms with van der Waals surface area (Å²) in [6.07, 6.45) is 0.873. The first kappa shape index (κ1) is 33.9. The van der Waals surface area contributed by atoms with Gasteiger partial charge in [0.2, 0.25) is 0 Å². The molecule has 3 saturated heterocycles. The highest BCUT2D eigenvalue weighted by Gasteiger charge is 2.58. The summed E-state index contributed by atoms with van der Waals surface area (Å²) in [5.74, 6) is -0.189.